The maximum atomic E-state index is 12.0. The van der Waals surface area contributed by atoms with Gasteiger partial charge in [0, 0.05) is 29.6 Å². The molecule has 0 unspecified atom stereocenters. The number of carbonyl (C=O) groups excluding carboxylic acids is 1. The Labute approximate surface area is 240 Å². The number of hydrogen-bond acceptors (Lipinski definition) is 6. The summed E-state index contributed by atoms with van der Waals surface area (Å²) in [6.07, 6.45) is 2.05. The second kappa shape index (κ2) is 11.2. The van der Waals surface area contributed by atoms with Gasteiger partial charge in [-0.25, -0.2) is 9.59 Å². The van der Waals surface area contributed by atoms with Crippen molar-refractivity contribution in [3.05, 3.63) is 101 Å². The molecule has 1 saturated heterocycles. The largest absolute Gasteiger partial charge is 0.478 e. The van der Waals surface area contributed by atoms with Crippen LogP contribution in [0.1, 0.15) is 63.2 Å². The van der Waals surface area contributed by atoms with Gasteiger partial charge in [0.15, 0.2) is 5.11 Å². The molecule has 1 fully saturated rings. The number of aromatic nitrogens is 1. The van der Waals surface area contributed by atoms with Crippen LogP contribution in [0.25, 0.3) is 11.3 Å². The van der Waals surface area contributed by atoms with Gasteiger partial charge in [-0.05, 0) is 85.4 Å². The van der Waals surface area contributed by atoms with Crippen LogP contribution in [0.5, 0.6) is 0 Å². The number of furan rings is 1. The fraction of sp³-hybridized carbons (Fsp3) is 0.167. The van der Waals surface area contributed by atoms with Gasteiger partial charge in [0.05, 0.1) is 22.9 Å². The van der Waals surface area contributed by atoms with Crippen LogP contribution in [0, 0.1) is 6.92 Å². The SMILES string of the molecule is CCC(=O)Nc1ccc(N2C(=S)N[C@H](c3ccccn3)[C@@H]2c2ccc(-c3cc(C(=O)O)cc(C(=O)O)c3)o2)cc1C. The summed E-state index contributed by atoms with van der Waals surface area (Å²) in [5.41, 5.74) is 3.01. The van der Waals surface area contributed by atoms with Crippen LogP contribution in [-0.2, 0) is 4.79 Å². The molecule has 4 aromatic rings. The molecule has 0 aliphatic carbocycles. The van der Waals surface area contributed by atoms with Crippen LogP contribution in [0.3, 0.4) is 0 Å². The smallest absolute Gasteiger partial charge is 0.335 e. The molecule has 11 heteroatoms. The van der Waals surface area contributed by atoms with Crippen molar-refractivity contribution in [2.75, 3.05) is 10.2 Å². The monoisotopic (exact) mass is 570 g/mol. The highest BCUT2D eigenvalue weighted by molar-refractivity contribution is 7.80. The molecule has 10 nitrogen and oxygen atoms in total. The molecule has 0 bridgehead atoms. The zero-order chi connectivity index (χ0) is 29.3. The molecular weight excluding hydrogens is 544 g/mol. The topological polar surface area (TPSA) is 145 Å². The average Bonchev–Trinajstić information content (AvgIpc) is 3.59. The summed E-state index contributed by atoms with van der Waals surface area (Å²) in [5, 5.41) is 25.7. The zero-order valence-electron chi connectivity index (χ0n) is 22.1. The van der Waals surface area contributed by atoms with Gasteiger partial charge in [-0.1, -0.05) is 13.0 Å². The quantitative estimate of drug-likeness (QED) is 0.198. The highest BCUT2D eigenvalue weighted by atomic mass is 32.1. The lowest BCUT2D eigenvalue weighted by Crippen LogP contribution is -2.29. The molecule has 3 heterocycles. The fourth-order valence-corrected chi connectivity index (χ4v) is 5.13. The molecule has 0 spiro atoms. The Hall–Kier alpha value is -5.03. The number of benzene rings is 2. The minimum absolute atomic E-state index is 0.0894. The van der Waals surface area contributed by atoms with Crippen LogP contribution in [-0.4, -0.2) is 38.2 Å². The van der Waals surface area contributed by atoms with E-state index in [1.165, 1.54) is 12.1 Å². The van der Waals surface area contributed by atoms with Crippen molar-refractivity contribution in [3.63, 3.8) is 0 Å². The van der Waals surface area contributed by atoms with Crippen LogP contribution < -0.4 is 15.5 Å². The number of anilines is 2. The van der Waals surface area contributed by atoms with Crippen molar-refractivity contribution in [2.24, 2.45) is 0 Å². The van der Waals surface area contributed by atoms with Crippen LogP contribution >= 0.6 is 12.2 Å². The summed E-state index contributed by atoms with van der Waals surface area (Å²) in [5.74, 6) is -1.78. The Bertz CT molecular complexity index is 1640. The summed E-state index contributed by atoms with van der Waals surface area (Å²) >= 11 is 5.78. The number of carbonyl (C=O) groups is 3. The summed E-state index contributed by atoms with van der Waals surface area (Å²) in [7, 11) is 0. The molecule has 1 amide bonds. The van der Waals surface area contributed by atoms with Gasteiger partial charge in [0.25, 0.3) is 0 Å². The number of carboxylic acids is 2. The molecule has 0 saturated carbocycles. The van der Waals surface area contributed by atoms with E-state index in [4.69, 9.17) is 16.6 Å². The van der Waals surface area contributed by atoms with Crippen LogP contribution in [0.2, 0.25) is 0 Å². The molecule has 0 radical (unpaired) electrons. The Morgan fingerprint density at radius 1 is 1.02 bits per heavy atom. The summed E-state index contributed by atoms with van der Waals surface area (Å²) < 4.78 is 6.28. The third-order valence-corrected chi connectivity index (χ3v) is 7.13. The number of aryl methyl sites for hydroxylation is 1. The number of hydrogen-bond donors (Lipinski definition) is 4. The summed E-state index contributed by atoms with van der Waals surface area (Å²) in [6.45, 7) is 3.68. The first kappa shape index (κ1) is 27.5. The van der Waals surface area contributed by atoms with E-state index >= 15 is 0 Å². The Balaban J connectivity index is 1.59. The van der Waals surface area contributed by atoms with Crippen molar-refractivity contribution in [2.45, 2.75) is 32.4 Å². The molecule has 2 aromatic carbocycles. The first-order chi connectivity index (χ1) is 19.7. The van der Waals surface area contributed by atoms with Crippen molar-refractivity contribution >= 4 is 46.6 Å². The first-order valence-corrected chi connectivity index (χ1v) is 13.2. The van der Waals surface area contributed by atoms with E-state index in [9.17, 15) is 24.6 Å². The van der Waals surface area contributed by atoms with Crippen LogP contribution in [0.15, 0.2) is 77.3 Å². The highest BCUT2D eigenvalue weighted by Gasteiger charge is 2.42. The Morgan fingerprint density at radius 3 is 2.37 bits per heavy atom. The van der Waals surface area contributed by atoms with E-state index in [1.54, 1.807) is 25.3 Å². The highest BCUT2D eigenvalue weighted by Crippen LogP contribution is 2.43. The predicted molar refractivity (Wildman–Crippen MR) is 156 cm³/mol. The average molecular weight is 571 g/mol. The maximum absolute atomic E-state index is 12.0. The van der Waals surface area contributed by atoms with E-state index in [1.807, 2.05) is 48.2 Å². The number of aromatic carboxylic acids is 2. The zero-order valence-corrected chi connectivity index (χ0v) is 22.9. The van der Waals surface area contributed by atoms with Crippen molar-refractivity contribution in [1.82, 2.24) is 10.3 Å². The normalized spacial score (nSPS) is 16.3. The number of amides is 1. The van der Waals surface area contributed by atoms with E-state index in [2.05, 4.69) is 15.6 Å². The number of rotatable bonds is 8. The van der Waals surface area contributed by atoms with Gasteiger partial charge in [0.1, 0.15) is 17.6 Å². The second-order valence-corrected chi connectivity index (χ2v) is 9.90. The lowest BCUT2D eigenvalue weighted by molar-refractivity contribution is -0.115. The van der Waals surface area contributed by atoms with Crippen molar-refractivity contribution in [1.29, 1.82) is 0 Å². The number of nitrogens with one attached hydrogen (secondary N) is 2. The van der Waals surface area contributed by atoms with E-state index in [-0.39, 0.29) is 17.0 Å². The molecule has 4 N–H and O–H groups in total. The molecule has 2 aromatic heterocycles. The van der Waals surface area contributed by atoms with E-state index < -0.39 is 24.0 Å². The minimum atomic E-state index is -1.25. The van der Waals surface area contributed by atoms with E-state index in [0.29, 0.717) is 34.3 Å². The standard InChI is InChI=1S/C30H26N4O6S/c1-3-25(35)32-21-8-7-20(12-16(21)2)34-27(26(33-30(34)41)22-6-4-5-11-31-22)24-10-9-23(40-24)17-13-18(28(36)37)15-19(14-17)29(38)39/h4-15,26-27H,3H2,1-2H3,(H,32,35)(H,33,41)(H,36,37)(H,38,39)/t26-,27+/m1/s1. The molecule has 2 atom stereocenters. The minimum Gasteiger partial charge on any atom is -0.478 e. The summed E-state index contributed by atoms with van der Waals surface area (Å²) in [4.78, 5) is 41.7. The van der Waals surface area contributed by atoms with Gasteiger partial charge < -0.3 is 30.2 Å². The van der Waals surface area contributed by atoms with Gasteiger partial charge in [-0.15, -0.1) is 0 Å². The fourth-order valence-electron chi connectivity index (χ4n) is 4.78. The number of pyridine rings is 1. The van der Waals surface area contributed by atoms with Gasteiger partial charge in [-0.2, -0.15) is 0 Å². The second-order valence-electron chi connectivity index (χ2n) is 9.51. The van der Waals surface area contributed by atoms with Gasteiger partial charge >= 0.3 is 11.9 Å². The molecule has 1 aliphatic rings. The van der Waals surface area contributed by atoms with Crippen LogP contribution in [0.4, 0.5) is 11.4 Å². The third kappa shape index (κ3) is 5.52. The van der Waals surface area contributed by atoms with E-state index in [0.717, 1.165) is 23.0 Å². The van der Waals surface area contributed by atoms with Crippen molar-refractivity contribution in [3.8, 4) is 11.3 Å². The molecule has 5 rings (SSSR count). The Kier molecular flexibility index (Phi) is 7.54. The van der Waals surface area contributed by atoms with Gasteiger partial charge in [0.2, 0.25) is 5.91 Å². The lowest BCUT2D eigenvalue weighted by Gasteiger charge is -2.27. The number of nitrogens with zero attached hydrogens (tertiary/aromatic N) is 2. The number of thiocarbonyl (C=S) groups is 1. The predicted octanol–water partition coefficient (Wildman–Crippen LogP) is 5.57. The molecule has 208 valence electrons. The maximum Gasteiger partial charge on any atom is 0.335 e. The molecule has 1 aliphatic heterocycles. The molecule has 41 heavy (non-hydrogen) atoms. The van der Waals surface area contributed by atoms with Crippen molar-refractivity contribution < 1.29 is 29.0 Å². The first-order valence-electron chi connectivity index (χ1n) is 12.8. The number of carboxylic acid groups (broad SMARTS) is 2. The molecular formula is C30H26N4O6S. The van der Waals surface area contributed by atoms with Gasteiger partial charge in [-0.3, -0.25) is 9.78 Å². The lowest BCUT2D eigenvalue weighted by atomic mass is 10.0. The Morgan fingerprint density at radius 2 is 1.76 bits per heavy atom. The third-order valence-electron chi connectivity index (χ3n) is 6.81. The summed E-state index contributed by atoms with van der Waals surface area (Å²) in [6, 6.07) is 17.6.